The van der Waals surface area contributed by atoms with Crippen LogP contribution in [0, 0.1) is 5.92 Å². The van der Waals surface area contributed by atoms with Crippen LogP contribution in [0.3, 0.4) is 0 Å². The average molecular weight is 374 g/mol. The predicted octanol–water partition coefficient (Wildman–Crippen LogP) is 3.59. The van der Waals surface area contributed by atoms with Crippen LogP contribution in [0.1, 0.15) is 56.4 Å². The largest absolute Gasteiger partial charge is 0.441 e. The highest BCUT2D eigenvalue weighted by molar-refractivity contribution is 5.89. The standard InChI is InChI=1S/C21H30N2O4/c1-26-14-19-13-23(21(25)27-19)18-11-9-17(10-12-18)16-7-5-15(6-8-16)3-2-4-20(22)24/h9-12,15-16,19H,2-8,13-14H2,1H3,(H2,22,24). The number of rotatable bonds is 8. The second kappa shape index (κ2) is 9.22. The van der Waals surface area contributed by atoms with Gasteiger partial charge in [0, 0.05) is 19.2 Å². The minimum absolute atomic E-state index is 0.195. The van der Waals surface area contributed by atoms with Gasteiger partial charge >= 0.3 is 6.09 Å². The van der Waals surface area contributed by atoms with E-state index in [1.165, 1.54) is 31.2 Å². The fourth-order valence-corrected chi connectivity index (χ4v) is 4.28. The van der Waals surface area contributed by atoms with Gasteiger partial charge in [-0.25, -0.2) is 4.79 Å². The zero-order valence-electron chi connectivity index (χ0n) is 16.1. The summed E-state index contributed by atoms with van der Waals surface area (Å²) in [5.74, 6) is 1.11. The van der Waals surface area contributed by atoms with E-state index >= 15 is 0 Å². The number of nitrogens with two attached hydrogens (primary N) is 1. The van der Waals surface area contributed by atoms with Crippen molar-refractivity contribution in [1.82, 2.24) is 0 Å². The number of methoxy groups -OCH3 is 1. The highest BCUT2D eigenvalue weighted by Gasteiger charge is 2.32. The van der Waals surface area contributed by atoms with Crippen LogP contribution in [0.4, 0.5) is 10.5 Å². The highest BCUT2D eigenvalue weighted by Crippen LogP contribution is 2.38. The van der Waals surface area contributed by atoms with Crippen molar-refractivity contribution in [2.45, 2.75) is 57.0 Å². The zero-order valence-corrected chi connectivity index (χ0v) is 16.1. The molecule has 0 radical (unpaired) electrons. The van der Waals surface area contributed by atoms with Crippen LogP contribution in [-0.4, -0.2) is 38.4 Å². The Balaban J connectivity index is 1.50. The summed E-state index contributed by atoms with van der Waals surface area (Å²) in [7, 11) is 1.61. The number of cyclic esters (lactones) is 1. The first-order chi connectivity index (χ1) is 13.1. The highest BCUT2D eigenvalue weighted by atomic mass is 16.6. The molecule has 0 spiro atoms. The van der Waals surface area contributed by atoms with Gasteiger partial charge in [0.25, 0.3) is 0 Å². The summed E-state index contributed by atoms with van der Waals surface area (Å²) in [6.45, 7) is 0.950. The molecule has 0 bridgehead atoms. The molecule has 0 aromatic heterocycles. The predicted molar refractivity (Wildman–Crippen MR) is 104 cm³/mol. The number of primary amides is 1. The van der Waals surface area contributed by atoms with Gasteiger partial charge in [-0.05, 0) is 68.1 Å². The van der Waals surface area contributed by atoms with E-state index < -0.39 is 0 Å². The van der Waals surface area contributed by atoms with E-state index in [2.05, 4.69) is 12.1 Å². The van der Waals surface area contributed by atoms with E-state index in [4.69, 9.17) is 15.2 Å². The molecule has 3 rings (SSSR count). The molecule has 148 valence electrons. The summed E-state index contributed by atoms with van der Waals surface area (Å²) in [4.78, 5) is 24.6. The van der Waals surface area contributed by atoms with Gasteiger partial charge in [-0.2, -0.15) is 0 Å². The Bertz CT molecular complexity index is 638. The van der Waals surface area contributed by atoms with Crippen LogP contribution in [0.25, 0.3) is 0 Å². The maximum atomic E-state index is 12.0. The molecule has 2 fully saturated rings. The molecule has 2 aliphatic rings. The Morgan fingerprint density at radius 1 is 1.22 bits per heavy atom. The van der Waals surface area contributed by atoms with Crippen molar-refractivity contribution >= 4 is 17.7 Å². The van der Waals surface area contributed by atoms with Crippen LogP contribution in [0.15, 0.2) is 24.3 Å². The molecule has 27 heavy (non-hydrogen) atoms. The Morgan fingerprint density at radius 3 is 2.56 bits per heavy atom. The van der Waals surface area contributed by atoms with E-state index in [-0.39, 0.29) is 18.1 Å². The number of carbonyl (C=O) groups excluding carboxylic acids is 2. The van der Waals surface area contributed by atoms with Gasteiger partial charge in [-0.15, -0.1) is 0 Å². The topological polar surface area (TPSA) is 81.9 Å². The van der Waals surface area contributed by atoms with Crippen molar-refractivity contribution in [3.63, 3.8) is 0 Å². The summed E-state index contributed by atoms with van der Waals surface area (Å²) < 4.78 is 10.4. The third kappa shape index (κ3) is 5.22. The van der Waals surface area contributed by atoms with Crippen LogP contribution >= 0.6 is 0 Å². The molecule has 2 amide bonds. The summed E-state index contributed by atoms with van der Waals surface area (Å²) >= 11 is 0. The molecule has 1 saturated carbocycles. The molecule has 1 aromatic rings. The molecule has 1 heterocycles. The van der Waals surface area contributed by atoms with Crippen LogP contribution in [-0.2, 0) is 14.3 Å². The second-order valence-electron chi connectivity index (χ2n) is 7.74. The van der Waals surface area contributed by atoms with Crippen molar-refractivity contribution in [3.8, 4) is 0 Å². The Morgan fingerprint density at radius 2 is 1.93 bits per heavy atom. The maximum Gasteiger partial charge on any atom is 0.414 e. The van der Waals surface area contributed by atoms with Gasteiger partial charge in [0.1, 0.15) is 6.10 Å². The lowest BCUT2D eigenvalue weighted by molar-refractivity contribution is -0.118. The Kier molecular flexibility index (Phi) is 6.72. The summed E-state index contributed by atoms with van der Waals surface area (Å²) in [5, 5.41) is 0. The van der Waals surface area contributed by atoms with Crippen LogP contribution in [0.5, 0.6) is 0 Å². The molecule has 2 N–H and O–H groups in total. The number of anilines is 1. The lowest BCUT2D eigenvalue weighted by Gasteiger charge is -2.29. The van der Waals surface area contributed by atoms with E-state index in [9.17, 15) is 9.59 Å². The smallest absolute Gasteiger partial charge is 0.414 e. The van der Waals surface area contributed by atoms with Gasteiger partial charge in [-0.3, -0.25) is 9.69 Å². The van der Waals surface area contributed by atoms with Gasteiger partial charge in [0.2, 0.25) is 5.91 Å². The Labute approximate surface area is 161 Å². The number of carbonyl (C=O) groups is 2. The van der Waals surface area contributed by atoms with Crippen molar-refractivity contribution in [2.75, 3.05) is 25.2 Å². The normalized spacial score (nSPS) is 25.4. The van der Waals surface area contributed by atoms with Crippen LogP contribution in [0.2, 0.25) is 0 Å². The number of ether oxygens (including phenoxy) is 2. The van der Waals surface area contributed by atoms with E-state index in [1.807, 2.05) is 12.1 Å². The molecule has 1 unspecified atom stereocenters. The van der Waals surface area contributed by atoms with Gasteiger partial charge < -0.3 is 15.2 Å². The maximum absolute atomic E-state index is 12.0. The number of hydrogen-bond donors (Lipinski definition) is 1. The molecule has 1 aliphatic carbocycles. The summed E-state index contributed by atoms with van der Waals surface area (Å²) in [5.41, 5.74) is 7.44. The van der Waals surface area contributed by atoms with E-state index in [0.717, 1.165) is 24.4 Å². The quantitative estimate of drug-likeness (QED) is 0.754. The lowest BCUT2D eigenvalue weighted by Crippen LogP contribution is -2.25. The van der Waals surface area contributed by atoms with Crippen molar-refractivity contribution < 1.29 is 19.1 Å². The molecule has 6 heteroatoms. The molecule has 1 atom stereocenters. The zero-order chi connectivity index (χ0) is 19.2. The van der Waals surface area contributed by atoms with E-state index in [0.29, 0.717) is 25.5 Å². The minimum atomic E-state index is -0.304. The lowest BCUT2D eigenvalue weighted by atomic mass is 9.77. The number of amides is 2. The summed E-state index contributed by atoms with van der Waals surface area (Å²) in [6.07, 6.45) is 6.80. The molecular weight excluding hydrogens is 344 g/mol. The molecule has 6 nitrogen and oxygen atoms in total. The molecule has 1 saturated heterocycles. The fourth-order valence-electron chi connectivity index (χ4n) is 4.28. The first kappa shape index (κ1) is 19.7. The van der Waals surface area contributed by atoms with Crippen molar-refractivity contribution in [2.24, 2.45) is 11.7 Å². The van der Waals surface area contributed by atoms with Gasteiger partial charge in [-0.1, -0.05) is 12.1 Å². The number of hydrogen-bond acceptors (Lipinski definition) is 4. The molecule has 1 aromatic carbocycles. The number of nitrogens with zero attached hydrogens (tertiary/aromatic N) is 1. The van der Waals surface area contributed by atoms with Crippen LogP contribution < -0.4 is 10.6 Å². The Hall–Kier alpha value is -2.08. The monoisotopic (exact) mass is 374 g/mol. The minimum Gasteiger partial charge on any atom is -0.441 e. The summed E-state index contributed by atoms with van der Waals surface area (Å²) in [6, 6.07) is 8.32. The molecular formula is C21H30N2O4. The second-order valence-corrected chi connectivity index (χ2v) is 7.74. The average Bonchev–Trinajstić information content (AvgIpc) is 3.03. The van der Waals surface area contributed by atoms with Crippen molar-refractivity contribution in [1.29, 1.82) is 0 Å². The molecule has 1 aliphatic heterocycles. The first-order valence-corrected chi connectivity index (χ1v) is 9.92. The third-order valence-electron chi connectivity index (χ3n) is 5.79. The first-order valence-electron chi connectivity index (χ1n) is 9.92. The third-order valence-corrected chi connectivity index (χ3v) is 5.79. The fraction of sp³-hybridized carbons (Fsp3) is 0.619. The van der Waals surface area contributed by atoms with E-state index in [1.54, 1.807) is 12.0 Å². The van der Waals surface area contributed by atoms with Gasteiger partial charge in [0.05, 0.1) is 13.2 Å². The SMILES string of the molecule is COCC1CN(c2ccc(C3CCC(CCCC(N)=O)CC3)cc2)C(=O)O1. The number of benzene rings is 1. The van der Waals surface area contributed by atoms with Crippen molar-refractivity contribution in [3.05, 3.63) is 29.8 Å². The van der Waals surface area contributed by atoms with Gasteiger partial charge in [0.15, 0.2) is 0 Å².